The molecule has 0 bridgehead atoms. The zero-order chi connectivity index (χ0) is 21.1. The van der Waals surface area contributed by atoms with Gasteiger partial charge in [0.1, 0.15) is 11.6 Å². The summed E-state index contributed by atoms with van der Waals surface area (Å²) in [6, 6.07) is 15.7. The molecule has 0 spiro atoms. The predicted molar refractivity (Wildman–Crippen MR) is 116 cm³/mol. The van der Waals surface area contributed by atoms with Gasteiger partial charge < -0.3 is 9.80 Å². The van der Waals surface area contributed by atoms with Crippen molar-refractivity contribution in [3.05, 3.63) is 77.2 Å². The molecule has 1 aliphatic rings. The lowest BCUT2D eigenvalue weighted by Crippen LogP contribution is -2.38. The lowest BCUT2D eigenvalue weighted by molar-refractivity contribution is 0.0733. The van der Waals surface area contributed by atoms with Gasteiger partial charge in [-0.1, -0.05) is 37.3 Å². The molecule has 1 aromatic heterocycles. The van der Waals surface area contributed by atoms with Gasteiger partial charge >= 0.3 is 0 Å². The van der Waals surface area contributed by atoms with E-state index in [-0.39, 0.29) is 11.7 Å². The molecular formula is C24H25FN4O. The zero-order valence-electron chi connectivity index (χ0n) is 17.3. The summed E-state index contributed by atoms with van der Waals surface area (Å²) in [7, 11) is 2.03. The summed E-state index contributed by atoms with van der Waals surface area (Å²) in [5, 5.41) is 0. The Hall–Kier alpha value is -3.28. The Bertz CT molecular complexity index is 1040. The number of halogens is 1. The Labute approximate surface area is 176 Å². The summed E-state index contributed by atoms with van der Waals surface area (Å²) in [6.45, 7) is 4.02. The molecule has 1 amide bonds. The fraction of sp³-hybridized carbons (Fsp3) is 0.292. The van der Waals surface area contributed by atoms with Crippen molar-refractivity contribution in [2.24, 2.45) is 0 Å². The van der Waals surface area contributed by atoms with E-state index >= 15 is 0 Å². The third-order valence-electron chi connectivity index (χ3n) is 5.37. The summed E-state index contributed by atoms with van der Waals surface area (Å²) >= 11 is 0. The number of amides is 1. The van der Waals surface area contributed by atoms with E-state index < -0.39 is 0 Å². The van der Waals surface area contributed by atoms with Gasteiger partial charge in [-0.15, -0.1) is 0 Å². The van der Waals surface area contributed by atoms with E-state index in [0.29, 0.717) is 30.9 Å². The fourth-order valence-electron chi connectivity index (χ4n) is 3.82. The molecule has 0 aliphatic carbocycles. The van der Waals surface area contributed by atoms with E-state index in [1.165, 1.54) is 24.3 Å². The summed E-state index contributed by atoms with van der Waals surface area (Å²) < 4.78 is 13.2. The Kier molecular flexibility index (Phi) is 5.74. The minimum atomic E-state index is -0.346. The molecule has 2 heterocycles. The van der Waals surface area contributed by atoms with Crippen LogP contribution in [0, 0.1) is 5.82 Å². The maximum absolute atomic E-state index is 13.2. The second-order valence-electron chi connectivity index (χ2n) is 7.57. The van der Waals surface area contributed by atoms with Crippen molar-refractivity contribution >= 4 is 11.7 Å². The fourth-order valence-corrected chi connectivity index (χ4v) is 3.82. The lowest BCUT2D eigenvalue weighted by Gasteiger charge is -2.32. The van der Waals surface area contributed by atoms with Crippen molar-refractivity contribution in [1.29, 1.82) is 0 Å². The second kappa shape index (κ2) is 8.61. The van der Waals surface area contributed by atoms with Crippen LogP contribution in [0.15, 0.2) is 54.6 Å². The van der Waals surface area contributed by atoms with Gasteiger partial charge in [0.2, 0.25) is 0 Å². The first-order valence-corrected chi connectivity index (χ1v) is 10.3. The summed E-state index contributed by atoms with van der Waals surface area (Å²) in [6.07, 6.45) is 1.66. The summed E-state index contributed by atoms with van der Waals surface area (Å²) in [5.41, 5.74) is 3.46. The maximum Gasteiger partial charge on any atom is 0.254 e. The molecule has 30 heavy (non-hydrogen) atoms. The van der Waals surface area contributed by atoms with Gasteiger partial charge in [0.25, 0.3) is 5.91 Å². The highest BCUT2D eigenvalue weighted by molar-refractivity contribution is 5.94. The van der Waals surface area contributed by atoms with Crippen molar-refractivity contribution in [2.75, 3.05) is 25.0 Å². The van der Waals surface area contributed by atoms with Crippen LogP contribution in [-0.2, 0) is 13.0 Å². The van der Waals surface area contributed by atoms with Crippen LogP contribution in [0.1, 0.15) is 35.0 Å². The van der Waals surface area contributed by atoms with Crippen LogP contribution < -0.4 is 4.90 Å². The highest BCUT2D eigenvalue weighted by Crippen LogP contribution is 2.30. The topological polar surface area (TPSA) is 49.3 Å². The smallest absolute Gasteiger partial charge is 0.254 e. The largest absolute Gasteiger partial charge is 0.359 e. The number of benzene rings is 2. The van der Waals surface area contributed by atoms with Crippen molar-refractivity contribution in [3.63, 3.8) is 0 Å². The van der Waals surface area contributed by atoms with Crippen LogP contribution >= 0.6 is 0 Å². The zero-order valence-corrected chi connectivity index (χ0v) is 17.3. The quantitative estimate of drug-likeness (QED) is 0.635. The maximum atomic E-state index is 13.2. The number of fused-ring (bicyclic) bond motifs is 1. The predicted octanol–water partition coefficient (Wildman–Crippen LogP) is 4.33. The van der Waals surface area contributed by atoms with Crippen molar-refractivity contribution in [2.45, 2.75) is 26.3 Å². The number of carbonyl (C=O) groups is 1. The average Bonchev–Trinajstić information content (AvgIpc) is 2.78. The SMILES string of the molecule is CCCN(C)c1nc(-c2ccccc2)nc2c1CN(C(=O)c1ccc(F)cc1)CC2. The Morgan fingerprint density at radius 3 is 2.53 bits per heavy atom. The number of anilines is 1. The molecule has 0 unspecified atom stereocenters. The normalized spacial score (nSPS) is 13.1. The Morgan fingerprint density at radius 1 is 1.10 bits per heavy atom. The van der Waals surface area contributed by atoms with Gasteiger partial charge in [-0.05, 0) is 30.7 Å². The third-order valence-corrected chi connectivity index (χ3v) is 5.37. The van der Waals surface area contributed by atoms with Crippen LogP contribution in [-0.4, -0.2) is 40.9 Å². The molecule has 2 aromatic carbocycles. The van der Waals surface area contributed by atoms with E-state index in [2.05, 4.69) is 11.8 Å². The molecule has 0 N–H and O–H groups in total. The molecule has 4 rings (SSSR count). The molecule has 0 saturated carbocycles. The number of hydrogen-bond donors (Lipinski definition) is 0. The number of nitrogens with zero attached hydrogens (tertiary/aromatic N) is 4. The van der Waals surface area contributed by atoms with Crippen LogP contribution in [0.2, 0.25) is 0 Å². The minimum Gasteiger partial charge on any atom is -0.359 e. The highest BCUT2D eigenvalue weighted by atomic mass is 19.1. The molecule has 5 nitrogen and oxygen atoms in total. The number of rotatable bonds is 5. The number of aromatic nitrogens is 2. The molecule has 0 atom stereocenters. The van der Waals surface area contributed by atoms with Crippen LogP contribution in [0.3, 0.4) is 0 Å². The van der Waals surface area contributed by atoms with E-state index in [1.807, 2.05) is 37.4 Å². The molecule has 0 saturated heterocycles. The molecule has 0 fully saturated rings. The van der Waals surface area contributed by atoms with E-state index in [9.17, 15) is 9.18 Å². The number of hydrogen-bond acceptors (Lipinski definition) is 4. The van der Waals surface area contributed by atoms with Crippen LogP contribution in [0.5, 0.6) is 0 Å². The van der Waals surface area contributed by atoms with Gasteiger partial charge in [0.15, 0.2) is 5.82 Å². The molecule has 1 aliphatic heterocycles. The Morgan fingerprint density at radius 2 is 1.83 bits per heavy atom. The van der Waals surface area contributed by atoms with Gasteiger partial charge in [-0.3, -0.25) is 4.79 Å². The van der Waals surface area contributed by atoms with Crippen molar-refractivity contribution in [1.82, 2.24) is 14.9 Å². The first-order chi connectivity index (χ1) is 14.6. The minimum absolute atomic E-state index is 0.100. The first-order valence-electron chi connectivity index (χ1n) is 10.3. The van der Waals surface area contributed by atoms with Crippen molar-refractivity contribution < 1.29 is 9.18 Å². The van der Waals surface area contributed by atoms with E-state index in [0.717, 1.165) is 35.6 Å². The summed E-state index contributed by atoms with van der Waals surface area (Å²) in [4.78, 5) is 26.6. The molecule has 3 aromatic rings. The lowest BCUT2D eigenvalue weighted by atomic mass is 10.0. The average molecular weight is 404 g/mol. The van der Waals surface area contributed by atoms with Gasteiger partial charge in [0, 0.05) is 43.2 Å². The van der Waals surface area contributed by atoms with Gasteiger partial charge in [0.05, 0.1) is 12.2 Å². The van der Waals surface area contributed by atoms with Gasteiger partial charge in [-0.25, -0.2) is 14.4 Å². The standard InChI is InChI=1S/C24H25FN4O/c1-3-14-28(2)23-20-16-29(24(30)18-9-11-19(25)12-10-18)15-13-21(20)26-22(27-23)17-7-5-4-6-8-17/h4-12H,3,13-16H2,1-2H3. The number of carbonyl (C=O) groups excluding carboxylic acids is 1. The van der Waals surface area contributed by atoms with Crippen molar-refractivity contribution in [3.8, 4) is 11.4 Å². The van der Waals surface area contributed by atoms with Crippen LogP contribution in [0.25, 0.3) is 11.4 Å². The summed E-state index contributed by atoms with van der Waals surface area (Å²) in [5.74, 6) is 1.14. The highest BCUT2D eigenvalue weighted by Gasteiger charge is 2.27. The molecule has 6 heteroatoms. The van der Waals surface area contributed by atoms with E-state index in [4.69, 9.17) is 9.97 Å². The van der Waals surface area contributed by atoms with Crippen LogP contribution in [0.4, 0.5) is 10.2 Å². The second-order valence-corrected chi connectivity index (χ2v) is 7.57. The van der Waals surface area contributed by atoms with Gasteiger partial charge in [-0.2, -0.15) is 0 Å². The monoisotopic (exact) mass is 404 g/mol. The molecule has 154 valence electrons. The Balaban J connectivity index is 1.70. The molecular weight excluding hydrogens is 379 g/mol. The molecule has 0 radical (unpaired) electrons. The van der Waals surface area contributed by atoms with E-state index in [1.54, 1.807) is 4.90 Å². The first kappa shape index (κ1) is 20.0. The third kappa shape index (κ3) is 4.03.